The monoisotopic (exact) mass is 369 g/mol. The Morgan fingerprint density at radius 1 is 1.33 bits per heavy atom. The van der Waals surface area contributed by atoms with Gasteiger partial charge in [-0.15, -0.1) is 6.58 Å². The van der Waals surface area contributed by atoms with Crippen LogP contribution in [-0.4, -0.2) is 64.2 Å². The highest BCUT2D eigenvalue weighted by Crippen LogP contribution is 2.18. The minimum absolute atomic E-state index is 0.0619. The van der Waals surface area contributed by atoms with Crippen molar-refractivity contribution in [2.45, 2.75) is 25.5 Å². The lowest BCUT2D eigenvalue weighted by Gasteiger charge is -2.36. The molecule has 2 aliphatic heterocycles. The smallest absolute Gasteiger partial charge is 0.295 e. The molecule has 0 spiro atoms. The lowest BCUT2D eigenvalue weighted by Crippen LogP contribution is -2.52. The van der Waals surface area contributed by atoms with Gasteiger partial charge in [0.15, 0.2) is 11.5 Å². The highest BCUT2D eigenvalue weighted by atomic mass is 16.5. The molecule has 2 aromatic rings. The third-order valence-electron chi connectivity index (χ3n) is 5.09. The Morgan fingerprint density at radius 2 is 2.15 bits per heavy atom. The number of amides is 1. The summed E-state index contributed by atoms with van der Waals surface area (Å²) in [6.07, 6.45) is 4.76. The van der Waals surface area contributed by atoms with Crippen LogP contribution in [0.3, 0.4) is 0 Å². The highest BCUT2D eigenvalue weighted by molar-refractivity contribution is 5.81. The summed E-state index contributed by atoms with van der Waals surface area (Å²) in [6.45, 7) is 7.03. The molecule has 8 nitrogen and oxygen atoms in total. The van der Waals surface area contributed by atoms with Gasteiger partial charge in [-0.1, -0.05) is 6.08 Å². The van der Waals surface area contributed by atoms with E-state index >= 15 is 0 Å². The number of nitrogens with zero attached hydrogens (tertiary/aromatic N) is 5. The van der Waals surface area contributed by atoms with Crippen LogP contribution < -0.4 is 10.5 Å². The van der Waals surface area contributed by atoms with Crippen molar-refractivity contribution in [3.63, 3.8) is 0 Å². The summed E-state index contributed by atoms with van der Waals surface area (Å²) in [6, 6.07) is 3.65. The van der Waals surface area contributed by atoms with Crippen LogP contribution in [0.1, 0.15) is 12.8 Å². The number of anilines is 1. The zero-order valence-electron chi connectivity index (χ0n) is 15.2. The predicted molar refractivity (Wildman–Crippen MR) is 102 cm³/mol. The second-order valence-electron chi connectivity index (χ2n) is 6.80. The first-order chi connectivity index (χ1) is 13.2. The Labute approximate surface area is 157 Å². The maximum Gasteiger partial charge on any atom is 0.295 e. The first kappa shape index (κ1) is 17.7. The Morgan fingerprint density at radius 3 is 2.85 bits per heavy atom. The first-order valence-electron chi connectivity index (χ1n) is 9.31. The maximum absolute atomic E-state index is 13.0. The molecule has 0 unspecified atom stereocenters. The van der Waals surface area contributed by atoms with Crippen molar-refractivity contribution in [3.05, 3.63) is 41.3 Å². The molecular weight excluding hydrogens is 346 g/mol. The standard InChI is InChI=1S/C19H23N5O3/c1-2-8-24-16-14(5-3-7-20-16)21-17(19(24)26)22-9-11-23(12-10-22)18(25)15-6-4-13-27-15/h2-3,5,7,15H,1,4,6,8-13H2/t15-/m1/s1. The number of rotatable bonds is 4. The van der Waals surface area contributed by atoms with Crippen LogP contribution in [0.25, 0.3) is 11.2 Å². The average Bonchev–Trinajstić information content (AvgIpc) is 3.24. The van der Waals surface area contributed by atoms with Crippen molar-refractivity contribution in [1.29, 1.82) is 0 Å². The van der Waals surface area contributed by atoms with Crippen LogP contribution in [0.4, 0.5) is 5.82 Å². The van der Waals surface area contributed by atoms with Crippen molar-refractivity contribution >= 4 is 22.9 Å². The van der Waals surface area contributed by atoms with E-state index < -0.39 is 0 Å². The van der Waals surface area contributed by atoms with E-state index in [9.17, 15) is 9.59 Å². The molecule has 2 aromatic heterocycles. The van der Waals surface area contributed by atoms with Gasteiger partial charge < -0.3 is 14.5 Å². The van der Waals surface area contributed by atoms with Crippen LogP contribution in [0.2, 0.25) is 0 Å². The second kappa shape index (κ2) is 7.48. The number of carbonyl (C=O) groups excluding carboxylic acids is 1. The summed E-state index contributed by atoms with van der Waals surface area (Å²) in [5.74, 6) is 0.466. The SMILES string of the molecule is C=CCn1c(=O)c(N2CCN(C(=O)[C@H]3CCCO3)CC2)nc2cccnc21. The number of pyridine rings is 1. The van der Waals surface area contributed by atoms with Gasteiger partial charge in [-0.05, 0) is 25.0 Å². The lowest BCUT2D eigenvalue weighted by atomic mass is 10.2. The van der Waals surface area contributed by atoms with Gasteiger partial charge in [0.1, 0.15) is 11.6 Å². The molecule has 142 valence electrons. The molecule has 4 rings (SSSR count). The number of allylic oxidation sites excluding steroid dienone is 1. The van der Waals surface area contributed by atoms with Gasteiger partial charge >= 0.3 is 0 Å². The van der Waals surface area contributed by atoms with Crippen LogP contribution in [-0.2, 0) is 16.1 Å². The van der Waals surface area contributed by atoms with Crippen molar-refractivity contribution in [3.8, 4) is 0 Å². The van der Waals surface area contributed by atoms with Gasteiger partial charge in [0, 0.05) is 45.5 Å². The molecule has 27 heavy (non-hydrogen) atoms. The number of hydrogen-bond donors (Lipinski definition) is 0. The fourth-order valence-corrected chi connectivity index (χ4v) is 3.68. The molecule has 0 aromatic carbocycles. The maximum atomic E-state index is 13.0. The molecule has 1 amide bonds. The van der Waals surface area contributed by atoms with E-state index in [4.69, 9.17) is 4.74 Å². The normalized spacial score (nSPS) is 20.2. The van der Waals surface area contributed by atoms with Crippen LogP contribution in [0.5, 0.6) is 0 Å². The number of carbonyl (C=O) groups is 1. The molecule has 0 N–H and O–H groups in total. The van der Waals surface area contributed by atoms with Gasteiger partial charge in [0.25, 0.3) is 11.5 Å². The molecular formula is C19H23N5O3. The van der Waals surface area contributed by atoms with E-state index in [-0.39, 0.29) is 17.6 Å². The second-order valence-corrected chi connectivity index (χ2v) is 6.80. The molecule has 0 saturated carbocycles. The third kappa shape index (κ3) is 3.32. The Bertz CT molecular complexity index is 911. The molecule has 2 fully saturated rings. The number of piperazine rings is 1. The summed E-state index contributed by atoms with van der Waals surface area (Å²) in [5.41, 5.74) is 1.05. The van der Waals surface area contributed by atoms with Crippen LogP contribution in [0, 0.1) is 0 Å². The zero-order valence-corrected chi connectivity index (χ0v) is 15.2. The summed E-state index contributed by atoms with van der Waals surface area (Å²) >= 11 is 0. The summed E-state index contributed by atoms with van der Waals surface area (Å²) in [4.78, 5) is 38.1. The van der Waals surface area contributed by atoms with Crippen molar-refractivity contribution in [1.82, 2.24) is 19.4 Å². The molecule has 1 atom stereocenters. The van der Waals surface area contributed by atoms with E-state index in [1.807, 2.05) is 15.9 Å². The third-order valence-corrected chi connectivity index (χ3v) is 5.09. The molecule has 0 radical (unpaired) electrons. The van der Waals surface area contributed by atoms with E-state index in [1.165, 1.54) is 0 Å². The van der Waals surface area contributed by atoms with Gasteiger partial charge in [0.05, 0.1) is 0 Å². The first-order valence-corrected chi connectivity index (χ1v) is 9.31. The average molecular weight is 369 g/mol. The predicted octanol–water partition coefficient (Wildman–Crippen LogP) is 0.805. The van der Waals surface area contributed by atoms with Gasteiger partial charge in [-0.3, -0.25) is 14.2 Å². The topological polar surface area (TPSA) is 80.6 Å². The molecule has 0 aliphatic carbocycles. The minimum atomic E-state index is -0.300. The van der Waals surface area contributed by atoms with E-state index in [1.54, 1.807) is 22.9 Å². The Hall–Kier alpha value is -2.74. The summed E-state index contributed by atoms with van der Waals surface area (Å²) in [5, 5.41) is 0. The van der Waals surface area contributed by atoms with E-state index in [2.05, 4.69) is 16.5 Å². The highest BCUT2D eigenvalue weighted by Gasteiger charge is 2.31. The zero-order chi connectivity index (χ0) is 18.8. The molecule has 8 heteroatoms. The van der Waals surface area contributed by atoms with Gasteiger partial charge in [0.2, 0.25) is 0 Å². The minimum Gasteiger partial charge on any atom is -0.368 e. The molecule has 0 bridgehead atoms. The molecule has 2 aliphatic rings. The molecule has 4 heterocycles. The Balaban J connectivity index is 1.57. The van der Waals surface area contributed by atoms with Crippen LogP contribution in [0.15, 0.2) is 35.8 Å². The van der Waals surface area contributed by atoms with Crippen molar-refractivity contribution in [2.24, 2.45) is 0 Å². The number of aromatic nitrogens is 3. The van der Waals surface area contributed by atoms with E-state index in [0.29, 0.717) is 56.3 Å². The summed E-state index contributed by atoms with van der Waals surface area (Å²) in [7, 11) is 0. The number of fused-ring (bicyclic) bond motifs is 1. The van der Waals surface area contributed by atoms with Gasteiger partial charge in [-0.25, -0.2) is 9.97 Å². The van der Waals surface area contributed by atoms with Crippen molar-refractivity contribution < 1.29 is 9.53 Å². The van der Waals surface area contributed by atoms with E-state index in [0.717, 1.165) is 12.8 Å². The largest absolute Gasteiger partial charge is 0.368 e. The molecule has 2 saturated heterocycles. The Kier molecular flexibility index (Phi) is 4.89. The fourth-order valence-electron chi connectivity index (χ4n) is 3.68. The fraction of sp³-hybridized carbons (Fsp3) is 0.474. The number of ether oxygens (including phenoxy) is 1. The number of hydrogen-bond acceptors (Lipinski definition) is 6. The van der Waals surface area contributed by atoms with Crippen molar-refractivity contribution in [2.75, 3.05) is 37.7 Å². The van der Waals surface area contributed by atoms with Crippen LogP contribution >= 0.6 is 0 Å². The van der Waals surface area contributed by atoms with Gasteiger partial charge in [-0.2, -0.15) is 0 Å². The lowest BCUT2D eigenvalue weighted by molar-refractivity contribution is -0.141. The quantitative estimate of drug-likeness (QED) is 0.742. The summed E-state index contributed by atoms with van der Waals surface area (Å²) < 4.78 is 7.09.